The van der Waals surface area contributed by atoms with Crippen LogP contribution in [0, 0.1) is 16.0 Å². The minimum absolute atomic E-state index is 0.00799. The van der Waals surface area contributed by atoms with Crippen molar-refractivity contribution in [2.75, 3.05) is 18.9 Å². The third-order valence-electron chi connectivity index (χ3n) is 3.82. The van der Waals surface area contributed by atoms with Crippen LogP contribution in [0.25, 0.3) is 0 Å². The van der Waals surface area contributed by atoms with E-state index in [-0.39, 0.29) is 23.3 Å². The highest BCUT2D eigenvalue weighted by Crippen LogP contribution is 2.23. The van der Waals surface area contributed by atoms with Crippen LogP contribution in [0.5, 0.6) is 0 Å². The lowest BCUT2D eigenvalue weighted by Crippen LogP contribution is -2.40. The summed E-state index contributed by atoms with van der Waals surface area (Å²) in [5.41, 5.74) is 5.73. The number of anilines is 1. The number of ether oxygens (including phenoxy) is 1. The van der Waals surface area contributed by atoms with Crippen molar-refractivity contribution in [2.24, 2.45) is 5.92 Å². The molecule has 1 fully saturated rings. The predicted molar refractivity (Wildman–Crippen MR) is 78.0 cm³/mol. The summed E-state index contributed by atoms with van der Waals surface area (Å²) in [7, 11) is 0. The van der Waals surface area contributed by atoms with Gasteiger partial charge in [-0.25, -0.2) is 0 Å². The lowest BCUT2D eigenvalue weighted by molar-refractivity contribution is -0.383. The topological polar surface area (TPSA) is 107 Å². The number of nitrogens with zero attached hydrogens (tertiary/aromatic N) is 1. The van der Waals surface area contributed by atoms with E-state index in [9.17, 15) is 14.9 Å². The molecule has 1 saturated heterocycles. The van der Waals surface area contributed by atoms with Crippen molar-refractivity contribution >= 4 is 17.3 Å². The van der Waals surface area contributed by atoms with E-state index in [2.05, 4.69) is 5.32 Å². The monoisotopic (exact) mass is 293 g/mol. The SMILES string of the molecule is CC(NC(=O)c1ccc([N+](=O)[O-])c(N)c1)C1CCOCC1. The van der Waals surface area contributed by atoms with E-state index in [0.717, 1.165) is 26.1 Å². The van der Waals surface area contributed by atoms with Crippen LogP contribution in [0.15, 0.2) is 18.2 Å². The molecule has 1 aromatic carbocycles. The number of nitrogens with two attached hydrogens (primary N) is 1. The maximum absolute atomic E-state index is 12.2. The molecule has 0 spiro atoms. The third kappa shape index (κ3) is 3.69. The fourth-order valence-corrected chi connectivity index (χ4v) is 2.49. The van der Waals surface area contributed by atoms with Crippen LogP contribution in [0.1, 0.15) is 30.1 Å². The number of hydrogen-bond acceptors (Lipinski definition) is 5. The summed E-state index contributed by atoms with van der Waals surface area (Å²) in [6.07, 6.45) is 1.84. The minimum Gasteiger partial charge on any atom is -0.393 e. The zero-order valence-corrected chi connectivity index (χ0v) is 11.9. The van der Waals surface area contributed by atoms with Gasteiger partial charge in [0.2, 0.25) is 0 Å². The van der Waals surface area contributed by atoms with Crippen molar-refractivity contribution in [1.29, 1.82) is 0 Å². The molecule has 1 unspecified atom stereocenters. The van der Waals surface area contributed by atoms with Gasteiger partial charge in [-0.15, -0.1) is 0 Å². The Labute approximate surface area is 122 Å². The van der Waals surface area contributed by atoms with E-state index < -0.39 is 4.92 Å². The van der Waals surface area contributed by atoms with Crippen LogP contribution >= 0.6 is 0 Å². The van der Waals surface area contributed by atoms with Crippen molar-refractivity contribution in [3.8, 4) is 0 Å². The Hall–Kier alpha value is -2.15. The van der Waals surface area contributed by atoms with Gasteiger partial charge < -0.3 is 15.8 Å². The number of rotatable bonds is 4. The molecule has 1 aromatic rings. The molecule has 0 saturated carbocycles. The fourth-order valence-electron chi connectivity index (χ4n) is 2.49. The molecule has 1 aliphatic rings. The van der Waals surface area contributed by atoms with Gasteiger partial charge in [0.05, 0.1) is 4.92 Å². The van der Waals surface area contributed by atoms with Gasteiger partial charge in [0.25, 0.3) is 11.6 Å². The van der Waals surface area contributed by atoms with Gasteiger partial charge in [0.1, 0.15) is 5.69 Å². The summed E-state index contributed by atoms with van der Waals surface area (Å²) in [5.74, 6) is 0.119. The summed E-state index contributed by atoms with van der Waals surface area (Å²) in [5, 5.41) is 13.6. The van der Waals surface area contributed by atoms with Gasteiger partial charge in [-0.2, -0.15) is 0 Å². The number of benzene rings is 1. The second-order valence-electron chi connectivity index (χ2n) is 5.24. The Balaban J connectivity index is 2.02. The average Bonchev–Trinajstić information content (AvgIpc) is 2.47. The number of nitro groups is 1. The van der Waals surface area contributed by atoms with Gasteiger partial charge in [0.15, 0.2) is 0 Å². The first kappa shape index (κ1) is 15.2. The number of hydrogen-bond donors (Lipinski definition) is 2. The Kier molecular flexibility index (Phi) is 4.74. The first-order chi connectivity index (χ1) is 9.99. The number of carbonyl (C=O) groups is 1. The van der Waals surface area contributed by atoms with Gasteiger partial charge in [0, 0.05) is 30.9 Å². The maximum atomic E-state index is 12.2. The van der Waals surface area contributed by atoms with Crippen molar-refractivity contribution in [3.63, 3.8) is 0 Å². The molecule has 0 radical (unpaired) electrons. The molecular formula is C14H19N3O4. The highest BCUT2D eigenvalue weighted by Gasteiger charge is 2.23. The first-order valence-corrected chi connectivity index (χ1v) is 6.91. The van der Waals surface area contributed by atoms with Crippen LogP contribution in [0.3, 0.4) is 0 Å². The predicted octanol–water partition coefficient (Wildman–Crippen LogP) is 1.72. The Morgan fingerprint density at radius 1 is 1.48 bits per heavy atom. The molecule has 7 heteroatoms. The molecule has 1 atom stereocenters. The lowest BCUT2D eigenvalue weighted by atomic mass is 9.93. The van der Waals surface area contributed by atoms with E-state index in [1.165, 1.54) is 18.2 Å². The van der Waals surface area contributed by atoms with Crippen LogP contribution in [0.4, 0.5) is 11.4 Å². The molecule has 2 rings (SSSR count). The fraction of sp³-hybridized carbons (Fsp3) is 0.500. The second kappa shape index (κ2) is 6.53. The van der Waals surface area contributed by atoms with Crippen LogP contribution in [-0.2, 0) is 4.74 Å². The standard InChI is InChI=1S/C14H19N3O4/c1-9(10-4-6-21-7-5-10)16-14(18)11-2-3-13(17(19)20)12(15)8-11/h2-3,8-10H,4-7,15H2,1H3,(H,16,18). The van der Waals surface area contributed by atoms with Gasteiger partial charge in [-0.05, 0) is 37.8 Å². The molecule has 1 amide bonds. The van der Waals surface area contributed by atoms with Crippen molar-refractivity contribution in [2.45, 2.75) is 25.8 Å². The summed E-state index contributed by atoms with van der Waals surface area (Å²) in [6, 6.07) is 4.03. The summed E-state index contributed by atoms with van der Waals surface area (Å²) in [6.45, 7) is 3.40. The number of amides is 1. The van der Waals surface area contributed by atoms with E-state index in [1.54, 1.807) is 0 Å². The summed E-state index contributed by atoms with van der Waals surface area (Å²) in [4.78, 5) is 22.3. The smallest absolute Gasteiger partial charge is 0.292 e. The highest BCUT2D eigenvalue weighted by atomic mass is 16.6. The minimum atomic E-state index is -0.568. The zero-order valence-electron chi connectivity index (χ0n) is 11.9. The van der Waals surface area contributed by atoms with Crippen LogP contribution < -0.4 is 11.1 Å². The number of carbonyl (C=O) groups excluding carboxylic acids is 1. The van der Waals surface area contributed by atoms with Crippen LogP contribution in [-0.4, -0.2) is 30.1 Å². The van der Waals surface area contributed by atoms with E-state index >= 15 is 0 Å². The second-order valence-corrected chi connectivity index (χ2v) is 5.24. The molecule has 1 heterocycles. The van der Waals surface area contributed by atoms with Gasteiger partial charge in [-0.1, -0.05) is 0 Å². The maximum Gasteiger partial charge on any atom is 0.292 e. The lowest BCUT2D eigenvalue weighted by Gasteiger charge is -2.28. The quantitative estimate of drug-likeness (QED) is 0.499. The number of nitrogen functional groups attached to an aromatic ring is 1. The largest absolute Gasteiger partial charge is 0.393 e. The Bertz CT molecular complexity index is 541. The normalized spacial score (nSPS) is 17.2. The molecule has 3 N–H and O–H groups in total. The highest BCUT2D eigenvalue weighted by molar-refractivity contribution is 5.95. The molecule has 7 nitrogen and oxygen atoms in total. The number of nitro benzene ring substituents is 1. The molecule has 0 aromatic heterocycles. The molecular weight excluding hydrogens is 274 g/mol. The molecule has 0 aliphatic carbocycles. The average molecular weight is 293 g/mol. The van der Waals surface area contributed by atoms with E-state index in [1.807, 2.05) is 6.92 Å². The molecule has 114 valence electrons. The first-order valence-electron chi connectivity index (χ1n) is 6.91. The van der Waals surface area contributed by atoms with E-state index in [0.29, 0.717) is 11.5 Å². The zero-order chi connectivity index (χ0) is 15.4. The molecule has 0 bridgehead atoms. The van der Waals surface area contributed by atoms with Crippen LogP contribution in [0.2, 0.25) is 0 Å². The van der Waals surface area contributed by atoms with E-state index in [4.69, 9.17) is 10.5 Å². The molecule has 1 aliphatic heterocycles. The van der Waals surface area contributed by atoms with Crippen molar-refractivity contribution in [1.82, 2.24) is 5.32 Å². The Morgan fingerprint density at radius 3 is 2.71 bits per heavy atom. The van der Waals surface area contributed by atoms with Crippen molar-refractivity contribution < 1.29 is 14.5 Å². The van der Waals surface area contributed by atoms with Gasteiger partial charge >= 0.3 is 0 Å². The van der Waals surface area contributed by atoms with Gasteiger partial charge in [-0.3, -0.25) is 14.9 Å². The molecule has 21 heavy (non-hydrogen) atoms. The summed E-state index contributed by atoms with van der Waals surface area (Å²) >= 11 is 0. The Morgan fingerprint density at radius 2 is 2.14 bits per heavy atom. The third-order valence-corrected chi connectivity index (χ3v) is 3.82. The number of nitrogens with one attached hydrogen (secondary N) is 1. The summed E-state index contributed by atoms with van der Waals surface area (Å²) < 4.78 is 5.30. The van der Waals surface area contributed by atoms with Crippen molar-refractivity contribution in [3.05, 3.63) is 33.9 Å².